The van der Waals surface area contributed by atoms with Crippen LogP contribution in [0.25, 0.3) is 11.3 Å². The number of thiazole rings is 1. The molecule has 1 aromatic carbocycles. The van der Waals surface area contributed by atoms with Gasteiger partial charge in [-0.05, 0) is 31.2 Å². The number of nitrogens with one attached hydrogen (secondary N) is 1. The minimum Gasteiger partial charge on any atom is -0.494 e. The van der Waals surface area contributed by atoms with Gasteiger partial charge < -0.3 is 4.74 Å². The molecule has 7 heteroatoms. The molecule has 1 N–H and O–H groups in total. The van der Waals surface area contributed by atoms with Crippen LogP contribution >= 0.6 is 34.5 Å². The maximum atomic E-state index is 11.3. The number of halogens is 2. The Hall–Kier alpha value is -1.30. The number of benzene rings is 1. The smallest absolute Gasteiger partial charge is 0.259 e. The summed E-state index contributed by atoms with van der Waals surface area (Å²) in [6, 6.07) is 7.59. The van der Waals surface area contributed by atoms with Crippen molar-refractivity contribution in [1.82, 2.24) is 4.98 Å². The molecular formula is C13H12Cl2N2O2S. The lowest BCUT2D eigenvalue weighted by atomic mass is 10.2. The molecular weight excluding hydrogens is 319 g/mol. The molecule has 0 aliphatic carbocycles. The number of hydrogen-bond donors (Lipinski definition) is 1. The summed E-state index contributed by atoms with van der Waals surface area (Å²) in [6.07, 6.45) is 0. The zero-order valence-corrected chi connectivity index (χ0v) is 12.9. The van der Waals surface area contributed by atoms with E-state index in [2.05, 4.69) is 10.3 Å². The second-order valence-electron chi connectivity index (χ2n) is 3.79. The highest BCUT2D eigenvalue weighted by Crippen LogP contribution is 2.26. The Morgan fingerprint density at radius 2 is 2.10 bits per heavy atom. The Morgan fingerprint density at radius 1 is 1.40 bits per heavy atom. The van der Waals surface area contributed by atoms with Crippen LogP contribution in [-0.4, -0.2) is 22.3 Å². The van der Waals surface area contributed by atoms with Gasteiger partial charge >= 0.3 is 0 Å². The van der Waals surface area contributed by atoms with Crippen molar-refractivity contribution in [2.45, 2.75) is 11.8 Å². The van der Waals surface area contributed by atoms with Gasteiger partial charge in [0, 0.05) is 10.9 Å². The first-order valence-electron chi connectivity index (χ1n) is 5.88. The van der Waals surface area contributed by atoms with E-state index in [0.717, 1.165) is 17.0 Å². The van der Waals surface area contributed by atoms with E-state index in [0.29, 0.717) is 11.7 Å². The van der Waals surface area contributed by atoms with Crippen molar-refractivity contribution in [2.75, 3.05) is 11.9 Å². The van der Waals surface area contributed by atoms with Crippen LogP contribution < -0.4 is 10.1 Å². The summed E-state index contributed by atoms with van der Waals surface area (Å²) in [5.41, 5.74) is 1.72. The van der Waals surface area contributed by atoms with Gasteiger partial charge in [-0.15, -0.1) is 11.3 Å². The fourth-order valence-corrected chi connectivity index (χ4v) is 2.34. The number of amides is 1. The van der Waals surface area contributed by atoms with Gasteiger partial charge in [0.2, 0.25) is 0 Å². The van der Waals surface area contributed by atoms with E-state index in [4.69, 9.17) is 27.9 Å². The third-order valence-electron chi connectivity index (χ3n) is 2.39. The van der Waals surface area contributed by atoms with Gasteiger partial charge in [0.15, 0.2) is 9.97 Å². The van der Waals surface area contributed by atoms with Crippen molar-refractivity contribution in [3.8, 4) is 17.0 Å². The highest BCUT2D eigenvalue weighted by molar-refractivity contribution is 7.14. The molecule has 0 radical (unpaired) electrons. The lowest BCUT2D eigenvalue weighted by Gasteiger charge is -2.03. The average molecular weight is 331 g/mol. The molecule has 0 saturated carbocycles. The summed E-state index contributed by atoms with van der Waals surface area (Å²) >= 11 is 12.2. The van der Waals surface area contributed by atoms with E-state index in [1.54, 1.807) is 0 Å². The molecule has 0 aliphatic heterocycles. The normalized spacial score (nSPS) is 10.6. The molecule has 0 spiro atoms. The molecule has 1 amide bonds. The van der Waals surface area contributed by atoms with Gasteiger partial charge in [-0.1, -0.05) is 23.2 Å². The third kappa shape index (κ3) is 3.85. The molecule has 0 aliphatic rings. The minimum absolute atomic E-state index is 0.463. The number of carbonyl (C=O) groups excluding carboxylic acids is 1. The molecule has 4 nitrogen and oxygen atoms in total. The van der Waals surface area contributed by atoms with Gasteiger partial charge in [-0.3, -0.25) is 10.1 Å². The first-order valence-corrected chi connectivity index (χ1v) is 7.63. The summed E-state index contributed by atoms with van der Waals surface area (Å²) in [5, 5.41) is 4.86. The summed E-state index contributed by atoms with van der Waals surface area (Å²) in [4.78, 5) is 14.6. The van der Waals surface area contributed by atoms with Crippen LogP contribution in [0.2, 0.25) is 0 Å². The van der Waals surface area contributed by atoms with E-state index in [-0.39, 0.29) is 0 Å². The van der Waals surface area contributed by atoms with E-state index >= 15 is 0 Å². The summed E-state index contributed by atoms with van der Waals surface area (Å²) < 4.78 is 5.38. The SMILES string of the molecule is CCOc1ccc(-c2csc(NC(=O)C(Cl)Cl)n2)cc1. The Kier molecular flexibility index (Phi) is 5.23. The number of carbonyl (C=O) groups is 1. The highest BCUT2D eigenvalue weighted by Gasteiger charge is 2.13. The van der Waals surface area contributed by atoms with E-state index in [9.17, 15) is 4.79 Å². The Labute approximate surface area is 130 Å². The zero-order chi connectivity index (χ0) is 14.5. The monoisotopic (exact) mass is 330 g/mol. The largest absolute Gasteiger partial charge is 0.494 e. The molecule has 20 heavy (non-hydrogen) atoms. The lowest BCUT2D eigenvalue weighted by molar-refractivity contribution is -0.114. The number of nitrogens with zero attached hydrogens (tertiary/aromatic N) is 1. The summed E-state index contributed by atoms with van der Waals surface area (Å²) in [7, 11) is 0. The first-order chi connectivity index (χ1) is 9.60. The van der Waals surface area contributed by atoms with Crippen LogP contribution in [0.3, 0.4) is 0 Å². The Balaban J connectivity index is 2.10. The van der Waals surface area contributed by atoms with Crippen LogP contribution in [0.15, 0.2) is 29.6 Å². The lowest BCUT2D eigenvalue weighted by Crippen LogP contribution is -2.18. The molecule has 0 atom stereocenters. The third-order valence-corrected chi connectivity index (χ3v) is 3.55. The standard InChI is InChI=1S/C13H12Cl2N2O2S/c1-2-19-9-5-3-8(4-6-9)10-7-20-13(16-10)17-12(18)11(14)15/h3-7,11H,2H2,1H3,(H,16,17,18). The van der Waals surface area contributed by atoms with Gasteiger partial charge in [0.1, 0.15) is 5.75 Å². The molecule has 2 aromatic rings. The number of aromatic nitrogens is 1. The molecule has 1 heterocycles. The second-order valence-corrected chi connectivity index (χ2v) is 5.74. The number of rotatable bonds is 5. The predicted octanol–water partition coefficient (Wildman–Crippen LogP) is 3.95. The van der Waals surface area contributed by atoms with Gasteiger partial charge in [0.25, 0.3) is 5.91 Å². The van der Waals surface area contributed by atoms with E-state index in [1.165, 1.54) is 11.3 Å². The Morgan fingerprint density at radius 3 is 2.70 bits per heavy atom. The van der Waals surface area contributed by atoms with Crippen molar-refractivity contribution in [3.05, 3.63) is 29.6 Å². The zero-order valence-electron chi connectivity index (χ0n) is 10.6. The van der Waals surface area contributed by atoms with Crippen molar-refractivity contribution in [1.29, 1.82) is 0 Å². The first kappa shape index (κ1) is 15.1. The van der Waals surface area contributed by atoms with Crippen molar-refractivity contribution < 1.29 is 9.53 Å². The molecule has 0 unspecified atom stereocenters. The fraction of sp³-hybridized carbons (Fsp3) is 0.231. The second kappa shape index (κ2) is 6.92. The van der Waals surface area contributed by atoms with Crippen molar-refractivity contribution in [3.63, 3.8) is 0 Å². The maximum Gasteiger partial charge on any atom is 0.259 e. The van der Waals surface area contributed by atoms with Crippen LogP contribution in [0, 0.1) is 0 Å². The van der Waals surface area contributed by atoms with E-state index < -0.39 is 10.7 Å². The van der Waals surface area contributed by atoms with Crippen LogP contribution in [0.5, 0.6) is 5.75 Å². The maximum absolute atomic E-state index is 11.3. The Bertz CT molecular complexity index is 584. The average Bonchev–Trinajstić information content (AvgIpc) is 2.88. The van der Waals surface area contributed by atoms with Crippen molar-refractivity contribution >= 4 is 45.6 Å². The van der Waals surface area contributed by atoms with Crippen LogP contribution in [-0.2, 0) is 4.79 Å². The highest BCUT2D eigenvalue weighted by atomic mass is 35.5. The summed E-state index contributed by atoms with van der Waals surface area (Å²) in [5.74, 6) is 0.327. The fourth-order valence-electron chi connectivity index (χ4n) is 1.51. The molecule has 0 saturated heterocycles. The van der Waals surface area contributed by atoms with Gasteiger partial charge in [-0.2, -0.15) is 0 Å². The summed E-state index contributed by atoms with van der Waals surface area (Å²) in [6.45, 7) is 2.56. The van der Waals surface area contributed by atoms with Gasteiger partial charge in [0.05, 0.1) is 12.3 Å². The molecule has 1 aromatic heterocycles. The molecule has 0 bridgehead atoms. The molecule has 106 valence electrons. The van der Waals surface area contributed by atoms with Crippen molar-refractivity contribution in [2.24, 2.45) is 0 Å². The number of hydrogen-bond acceptors (Lipinski definition) is 4. The minimum atomic E-state index is -1.10. The predicted molar refractivity (Wildman–Crippen MR) is 82.8 cm³/mol. The molecule has 0 fully saturated rings. The topological polar surface area (TPSA) is 51.2 Å². The van der Waals surface area contributed by atoms with Crippen LogP contribution in [0.4, 0.5) is 5.13 Å². The molecule has 2 rings (SSSR count). The number of anilines is 1. The van der Waals surface area contributed by atoms with Gasteiger partial charge in [-0.25, -0.2) is 4.98 Å². The quantitative estimate of drug-likeness (QED) is 0.844. The van der Waals surface area contributed by atoms with E-state index in [1.807, 2.05) is 36.6 Å². The number of ether oxygens (including phenoxy) is 1. The van der Waals surface area contributed by atoms with Crippen LogP contribution in [0.1, 0.15) is 6.92 Å². The number of alkyl halides is 2.